The van der Waals surface area contributed by atoms with Gasteiger partial charge >= 0.3 is 0 Å². The lowest BCUT2D eigenvalue weighted by atomic mass is 9.79. The average molecular weight is 340 g/mol. The highest BCUT2D eigenvalue weighted by molar-refractivity contribution is 9.10. The normalized spacial score (nSPS) is 29.3. The van der Waals surface area contributed by atoms with Crippen molar-refractivity contribution in [1.29, 1.82) is 0 Å². The predicted molar refractivity (Wildman–Crippen MR) is 81.8 cm³/mol. The molecule has 3 rings (SSSR count). The highest BCUT2D eigenvalue weighted by Crippen LogP contribution is 2.41. The van der Waals surface area contributed by atoms with Crippen LogP contribution in [0.2, 0.25) is 0 Å². The number of hydrogen-bond donors (Lipinski definition) is 1. The van der Waals surface area contributed by atoms with Gasteiger partial charge in [0.05, 0.1) is 4.92 Å². The van der Waals surface area contributed by atoms with Crippen LogP contribution in [0.15, 0.2) is 22.7 Å². The average Bonchev–Trinajstić information content (AvgIpc) is 2.81. The summed E-state index contributed by atoms with van der Waals surface area (Å²) in [5, 5.41) is 11.2. The number of hydrogen-bond acceptors (Lipinski definition) is 4. The van der Waals surface area contributed by atoms with Gasteiger partial charge in [0.25, 0.3) is 5.69 Å². The van der Waals surface area contributed by atoms with Gasteiger partial charge in [-0.1, -0.05) is 15.9 Å². The number of anilines is 1. The maximum Gasteiger partial charge on any atom is 0.292 e. The molecular weight excluding hydrogens is 322 g/mol. The second-order valence-corrected chi connectivity index (χ2v) is 6.80. The van der Waals surface area contributed by atoms with Crippen LogP contribution in [-0.2, 0) is 0 Å². The molecule has 1 heterocycles. The van der Waals surface area contributed by atoms with E-state index >= 15 is 0 Å². The lowest BCUT2D eigenvalue weighted by Crippen LogP contribution is -2.32. The lowest BCUT2D eigenvalue weighted by Gasteiger charge is -2.27. The van der Waals surface area contributed by atoms with Crippen molar-refractivity contribution in [2.45, 2.75) is 25.3 Å². The summed E-state index contributed by atoms with van der Waals surface area (Å²) in [5.41, 5.74) is 6.96. The summed E-state index contributed by atoms with van der Waals surface area (Å²) in [6.45, 7) is 1.80. The number of nitrogens with two attached hydrogens (primary N) is 1. The minimum absolute atomic E-state index is 0.191. The van der Waals surface area contributed by atoms with Crippen molar-refractivity contribution in [2.24, 2.45) is 17.6 Å². The van der Waals surface area contributed by atoms with Gasteiger partial charge in [-0.2, -0.15) is 0 Å². The van der Waals surface area contributed by atoms with Crippen LogP contribution < -0.4 is 10.6 Å². The zero-order chi connectivity index (χ0) is 14.3. The van der Waals surface area contributed by atoms with Gasteiger partial charge in [0.15, 0.2) is 0 Å². The molecule has 1 aliphatic heterocycles. The number of fused-ring (bicyclic) bond motifs is 1. The molecule has 0 amide bonds. The third kappa shape index (κ3) is 2.54. The molecule has 1 aliphatic carbocycles. The molecule has 1 unspecified atom stereocenters. The minimum atomic E-state index is -0.296. The van der Waals surface area contributed by atoms with Crippen LogP contribution in [0, 0.1) is 22.0 Å². The van der Waals surface area contributed by atoms with Crippen molar-refractivity contribution in [2.75, 3.05) is 18.0 Å². The molecule has 2 N–H and O–H groups in total. The molecule has 0 radical (unpaired) electrons. The molecule has 0 aromatic heterocycles. The molecule has 2 aliphatic rings. The molecule has 1 aromatic carbocycles. The van der Waals surface area contributed by atoms with E-state index in [2.05, 4.69) is 20.8 Å². The second kappa shape index (κ2) is 5.33. The SMILES string of the molecule is NC1CC[C@@H]2CN(c3cc(Br)ccc3[N+](=O)[O-])C[C@@H]2C1. The number of halogens is 1. The molecule has 108 valence electrons. The molecule has 1 saturated heterocycles. The number of benzene rings is 1. The molecule has 5 nitrogen and oxygen atoms in total. The van der Waals surface area contributed by atoms with E-state index in [0.717, 1.165) is 42.5 Å². The maximum atomic E-state index is 11.2. The summed E-state index contributed by atoms with van der Waals surface area (Å²) in [6.07, 6.45) is 3.27. The van der Waals surface area contributed by atoms with E-state index in [4.69, 9.17) is 5.73 Å². The Morgan fingerprint density at radius 2 is 2.05 bits per heavy atom. The Morgan fingerprint density at radius 3 is 2.80 bits per heavy atom. The molecule has 1 saturated carbocycles. The molecule has 0 spiro atoms. The maximum absolute atomic E-state index is 11.2. The Labute approximate surface area is 126 Å². The van der Waals surface area contributed by atoms with Gasteiger partial charge in [0.1, 0.15) is 5.69 Å². The van der Waals surface area contributed by atoms with E-state index in [1.807, 2.05) is 6.07 Å². The molecule has 20 heavy (non-hydrogen) atoms. The van der Waals surface area contributed by atoms with E-state index in [9.17, 15) is 10.1 Å². The fraction of sp³-hybridized carbons (Fsp3) is 0.571. The summed E-state index contributed by atoms with van der Waals surface area (Å²) in [7, 11) is 0. The van der Waals surface area contributed by atoms with Gasteiger partial charge in [-0.15, -0.1) is 0 Å². The first-order chi connectivity index (χ1) is 9.54. The Kier molecular flexibility index (Phi) is 3.69. The van der Waals surface area contributed by atoms with Crippen LogP contribution in [0.3, 0.4) is 0 Å². The molecule has 6 heteroatoms. The van der Waals surface area contributed by atoms with Crippen molar-refractivity contribution in [3.05, 3.63) is 32.8 Å². The van der Waals surface area contributed by atoms with Gasteiger partial charge in [0, 0.05) is 29.7 Å². The largest absolute Gasteiger partial charge is 0.365 e. The van der Waals surface area contributed by atoms with Crippen molar-refractivity contribution < 1.29 is 4.92 Å². The molecule has 0 bridgehead atoms. The molecular formula is C14H18BrN3O2. The van der Waals surface area contributed by atoms with E-state index in [0.29, 0.717) is 17.9 Å². The zero-order valence-corrected chi connectivity index (χ0v) is 12.8. The standard InChI is InChI=1S/C14H18BrN3O2/c15-11-2-4-13(18(19)20)14(6-11)17-7-9-1-3-12(16)5-10(9)8-17/h2,4,6,9-10,12H,1,3,5,7-8,16H2/t9-,10+,12?/m1/s1. The van der Waals surface area contributed by atoms with Crippen LogP contribution in [0.1, 0.15) is 19.3 Å². The zero-order valence-electron chi connectivity index (χ0n) is 11.2. The summed E-state index contributed by atoms with van der Waals surface area (Å²) in [6, 6.07) is 5.46. The smallest absolute Gasteiger partial charge is 0.292 e. The monoisotopic (exact) mass is 339 g/mol. The van der Waals surface area contributed by atoms with Crippen LogP contribution >= 0.6 is 15.9 Å². The first-order valence-corrected chi connectivity index (χ1v) is 7.78. The van der Waals surface area contributed by atoms with E-state index in [1.54, 1.807) is 12.1 Å². The van der Waals surface area contributed by atoms with E-state index in [-0.39, 0.29) is 10.6 Å². The molecule has 3 atom stereocenters. The van der Waals surface area contributed by atoms with Gasteiger partial charge in [0.2, 0.25) is 0 Å². The first kappa shape index (κ1) is 13.8. The Morgan fingerprint density at radius 1 is 1.30 bits per heavy atom. The first-order valence-electron chi connectivity index (χ1n) is 6.99. The highest BCUT2D eigenvalue weighted by atomic mass is 79.9. The van der Waals surface area contributed by atoms with Crippen LogP contribution in [-0.4, -0.2) is 24.1 Å². The van der Waals surface area contributed by atoms with E-state index < -0.39 is 0 Å². The number of nitro groups is 1. The molecule has 2 fully saturated rings. The van der Waals surface area contributed by atoms with Crippen LogP contribution in [0.25, 0.3) is 0 Å². The van der Waals surface area contributed by atoms with Crippen LogP contribution in [0.4, 0.5) is 11.4 Å². The summed E-state index contributed by atoms with van der Waals surface area (Å²) in [5.74, 6) is 1.21. The quantitative estimate of drug-likeness (QED) is 0.664. The third-order valence-electron chi connectivity index (χ3n) is 4.57. The van der Waals surface area contributed by atoms with Gasteiger partial charge < -0.3 is 10.6 Å². The van der Waals surface area contributed by atoms with Crippen molar-refractivity contribution in [3.8, 4) is 0 Å². The van der Waals surface area contributed by atoms with Crippen molar-refractivity contribution >= 4 is 27.3 Å². The predicted octanol–water partition coefficient (Wildman–Crippen LogP) is 2.92. The Bertz CT molecular complexity index is 537. The summed E-state index contributed by atoms with van der Waals surface area (Å²) in [4.78, 5) is 13.1. The minimum Gasteiger partial charge on any atom is -0.365 e. The number of rotatable bonds is 2. The fourth-order valence-electron chi connectivity index (χ4n) is 3.57. The Hall–Kier alpha value is -1.14. The van der Waals surface area contributed by atoms with E-state index in [1.165, 1.54) is 0 Å². The van der Waals surface area contributed by atoms with Gasteiger partial charge in [-0.3, -0.25) is 10.1 Å². The third-order valence-corrected chi connectivity index (χ3v) is 5.06. The van der Waals surface area contributed by atoms with Gasteiger partial charge in [-0.05, 0) is 43.2 Å². The summed E-state index contributed by atoms with van der Waals surface area (Å²) >= 11 is 3.41. The van der Waals surface area contributed by atoms with Crippen molar-refractivity contribution in [3.63, 3.8) is 0 Å². The fourth-order valence-corrected chi connectivity index (χ4v) is 3.92. The topological polar surface area (TPSA) is 72.4 Å². The lowest BCUT2D eigenvalue weighted by molar-refractivity contribution is -0.384. The second-order valence-electron chi connectivity index (χ2n) is 5.89. The van der Waals surface area contributed by atoms with Gasteiger partial charge in [-0.25, -0.2) is 0 Å². The molecule has 1 aromatic rings. The van der Waals surface area contributed by atoms with Crippen LogP contribution in [0.5, 0.6) is 0 Å². The number of nitro benzene ring substituents is 1. The van der Waals surface area contributed by atoms with Crippen molar-refractivity contribution in [1.82, 2.24) is 0 Å². The number of nitrogens with zero attached hydrogens (tertiary/aromatic N) is 2. The highest BCUT2D eigenvalue weighted by Gasteiger charge is 2.38. The summed E-state index contributed by atoms with van der Waals surface area (Å²) < 4.78 is 0.879. The Balaban J connectivity index is 1.87.